The molecule has 41 valence electrons. The number of aromatic nitrogens is 1. The van der Waals surface area contributed by atoms with Crippen LogP contribution in [0.3, 0.4) is 0 Å². The SMILES string of the molecule is Cc1ccnc([O])c1. The molecule has 0 aromatic carbocycles. The lowest BCUT2D eigenvalue weighted by Crippen LogP contribution is -1.72. The van der Waals surface area contributed by atoms with Crippen molar-refractivity contribution in [3.8, 4) is 5.88 Å². The number of aryl methyl sites for hydroxylation is 1. The Balaban J connectivity index is 3.08. The summed E-state index contributed by atoms with van der Waals surface area (Å²) in [5.41, 5.74) is 0.963. The van der Waals surface area contributed by atoms with Crippen molar-refractivity contribution in [2.75, 3.05) is 0 Å². The van der Waals surface area contributed by atoms with E-state index in [1.54, 1.807) is 6.07 Å². The van der Waals surface area contributed by atoms with E-state index >= 15 is 0 Å². The number of hydrogen-bond acceptors (Lipinski definition) is 1. The molecule has 1 radical (unpaired) electrons. The van der Waals surface area contributed by atoms with Gasteiger partial charge >= 0.3 is 0 Å². The summed E-state index contributed by atoms with van der Waals surface area (Å²) < 4.78 is 0. The molecule has 8 heavy (non-hydrogen) atoms. The monoisotopic (exact) mass is 108 g/mol. The van der Waals surface area contributed by atoms with Crippen LogP contribution < -0.4 is 0 Å². The molecule has 0 saturated carbocycles. The Morgan fingerprint density at radius 2 is 2.38 bits per heavy atom. The maximum absolute atomic E-state index is 10.4. The fourth-order valence-electron chi connectivity index (χ4n) is 0.508. The lowest BCUT2D eigenvalue weighted by molar-refractivity contribution is 0.337. The first-order valence-corrected chi connectivity index (χ1v) is 2.39. The predicted molar refractivity (Wildman–Crippen MR) is 29.1 cm³/mol. The Morgan fingerprint density at radius 1 is 1.62 bits per heavy atom. The van der Waals surface area contributed by atoms with Crippen molar-refractivity contribution in [3.63, 3.8) is 0 Å². The van der Waals surface area contributed by atoms with Gasteiger partial charge in [0.2, 0.25) is 0 Å². The minimum Gasteiger partial charge on any atom is -0.267 e. The largest absolute Gasteiger partial charge is 0.269 e. The van der Waals surface area contributed by atoms with Crippen molar-refractivity contribution >= 4 is 0 Å². The highest BCUT2D eigenvalue weighted by Gasteiger charge is 1.87. The van der Waals surface area contributed by atoms with Crippen LogP contribution in [-0.2, 0) is 5.11 Å². The highest BCUT2D eigenvalue weighted by atomic mass is 16.3. The van der Waals surface area contributed by atoms with E-state index in [4.69, 9.17) is 0 Å². The summed E-state index contributed by atoms with van der Waals surface area (Å²) in [4.78, 5) is 3.48. The molecular weight excluding hydrogens is 102 g/mol. The summed E-state index contributed by atoms with van der Waals surface area (Å²) in [6.07, 6.45) is 1.51. The second kappa shape index (κ2) is 1.82. The van der Waals surface area contributed by atoms with Crippen LogP contribution in [0.15, 0.2) is 18.3 Å². The average Bonchev–Trinajstić information content (AvgIpc) is 1.64. The third-order valence-corrected chi connectivity index (χ3v) is 0.890. The van der Waals surface area contributed by atoms with E-state index in [9.17, 15) is 5.11 Å². The van der Waals surface area contributed by atoms with Crippen molar-refractivity contribution in [1.82, 2.24) is 4.98 Å². The molecule has 0 unspecified atom stereocenters. The molecule has 0 atom stereocenters. The van der Waals surface area contributed by atoms with Gasteiger partial charge in [0.1, 0.15) is 0 Å². The van der Waals surface area contributed by atoms with E-state index in [0.29, 0.717) is 0 Å². The highest BCUT2D eigenvalue weighted by molar-refractivity contribution is 5.16. The van der Waals surface area contributed by atoms with Crippen molar-refractivity contribution in [1.29, 1.82) is 0 Å². The van der Waals surface area contributed by atoms with Crippen LogP contribution in [0.2, 0.25) is 0 Å². The summed E-state index contributed by atoms with van der Waals surface area (Å²) in [6, 6.07) is 3.29. The van der Waals surface area contributed by atoms with Gasteiger partial charge in [0, 0.05) is 12.3 Å². The second-order valence-corrected chi connectivity index (χ2v) is 1.67. The zero-order valence-electron chi connectivity index (χ0n) is 4.59. The molecule has 1 aromatic rings. The molecule has 0 N–H and O–H groups in total. The van der Waals surface area contributed by atoms with Crippen LogP contribution in [0.1, 0.15) is 5.56 Å². The molecule has 1 heterocycles. The van der Waals surface area contributed by atoms with E-state index in [1.807, 2.05) is 6.92 Å². The molecule has 0 saturated heterocycles. The van der Waals surface area contributed by atoms with Crippen molar-refractivity contribution in [2.45, 2.75) is 6.92 Å². The first-order valence-electron chi connectivity index (χ1n) is 2.39. The Kier molecular flexibility index (Phi) is 1.16. The number of rotatable bonds is 0. The Hall–Kier alpha value is -1.05. The van der Waals surface area contributed by atoms with Gasteiger partial charge in [-0.05, 0) is 18.6 Å². The zero-order chi connectivity index (χ0) is 5.98. The average molecular weight is 108 g/mol. The van der Waals surface area contributed by atoms with E-state index in [0.717, 1.165) is 5.56 Å². The van der Waals surface area contributed by atoms with Gasteiger partial charge in [-0.25, -0.2) is 4.98 Å². The van der Waals surface area contributed by atoms with E-state index in [2.05, 4.69) is 4.98 Å². The maximum Gasteiger partial charge on any atom is 0.269 e. The van der Waals surface area contributed by atoms with Gasteiger partial charge < -0.3 is 0 Å². The Morgan fingerprint density at radius 3 is 2.75 bits per heavy atom. The summed E-state index contributed by atoms with van der Waals surface area (Å²) in [6.45, 7) is 1.86. The minimum atomic E-state index is -0.162. The fraction of sp³-hybridized carbons (Fsp3) is 0.167. The summed E-state index contributed by atoms with van der Waals surface area (Å²) in [5, 5.41) is 10.4. The summed E-state index contributed by atoms with van der Waals surface area (Å²) in [5.74, 6) is -0.162. The second-order valence-electron chi connectivity index (χ2n) is 1.67. The van der Waals surface area contributed by atoms with Gasteiger partial charge in [-0.3, -0.25) is 5.11 Å². The van der Waals surface area contributed by atoms with Crippen LogP contribution in [0.4, 0.5) is 0 Å². The van der Waals surface area contributed by atoms with Crippen LogP contribution >= 0.6 is 0 Å². The molecule has 1 rings (SSSR count). The molecule has 0 spiro atoms. The van der Waals surface area contributed by atoms with Gasteiger partial charge in [-0.1, -0.05) is 0 Å². The Bertz CT molecular complexity index is 168. The molecular formula is C6H6NO. The smallest absolute Gasteiger partial charge is 0.267 e. The van der Waals surface area contributed by atoms with Gasteiger partial charge in [0.25, 0.3) is 5.88 Å². The van der Waals surface area contributed by atoms with Crippen molar-refractivity contribution < 1.29 is 5.11 Å². The van der Waals surface area contributed by atoms with E-state index in [-0.39, 0.29) is 5.88 Å². The van der Waals surface area contributed by atoms with Gasteiger partial charge in [-0.15, -0.1) is 0 Å². The van der Waals surface area contributed by atoms with Crippen LogP contribution in [-0.4, -0.2) is 4.98 Å². The molecule has 0 amide bonds. The van der Waals surface area contributed by atoms with Crippen molar-refractivity contribution in [2.24, 2.45) is 0 Å². The molecule has 0 aliphatic heterocycles. The van der Waals surface area contributed by atoms with Crippen LogP contribution in [0, 0.1) is 6.92 Å². The highest BCUT2D eigenvalue weighted by Crippen LogP contribution is 2.04. The van der Waals surface area contributed by atoms with Crippen molar-refractivity contribution in [3.05, 3.63) is 23.9 Å². The normalized spacial score (nSPS) is 9.12. The molecule has 2 heteroatoms. The van der Waals surface area contributed by atoms with Crippen LogP contribution in [0.25, 0.3) is 0 Å². The van der Waals surface area contributed by atoms with Gasteiger partial charge in [0.05, 0.1) is 0 Å². The van der Waals surface area contributed by atoms with Gasteiger partial charge in [-0.2, -0.15) is 0 Å². The zero-order valence-corrected chi connectivity index (χ0v) is 4.59. The lowest BCUT2D eigenvalue weighted by Gasteiger charge is -1.85. The molecule has 0 fully saturated rings. The van der Waals surface area contributed by atoms with Gasteiger partial charge in [0.15, 0.2) is 0 Å². The molecule has 0 aliphatic carbocycles. The molecule has 0 aliphatic rings. The Labute approximate surface area is 47.8 Å². The molecule has 0 bridgehead atoms. The quantitative estimate of drug-likeness (QED) is 0.496. The summed E-state index contributed by atoms with van der Waals surface area (Å²) >= 11 is 0. The number of hydrogen-bond donors (Lipinski definition) is 0. The maximum atomic E-state index is 10.4. The predicted octanol–water partition coefficient (Wildman–Crippen LogP) is 1.53. The lowest BCUT2D eigenvalue weighted by atomic mass is 10.3. The number of nitrogens with zero attached hydrogens (tertiary/aromatic N) is 1. The van der Waals surface area contributed by atoms with E-state index < -0.39 is 0 Å². The standard InChI is InChI=1S/C6H6NO/c1-5-2-3-7-6(8)4-5/h2-4H,1H3. The van der Waals surface area contributed by atoms with E-state index in [1.165, 1.54) is 12.3 Å². The first kappa shape index (κ1) is 5.09. The first-order chi connectivity index (χ1) is 3.79. The molecule has 2 nitrogen and oxygen atoms in total. The summed E-state index contributed by atoms with van der Waals surface area (Å²) in [7, 11) is 0. The third kappa shape index (κ3) is 0.964. The number of pyridine rings is 1. The molecule has 1 aromatic heterocycles. The fourth-order valence-corrected chi connectivity index (χ4v) is 0.508. The third-order valence-electron chi connectivity index (χ3n) is 0.890. The van der Waals surface area contributed by atoms with Crippen LogP contribution in [0.5, 0.6) is 5.88 Å². The minimum absolute atomic E-state index is 0.162. The topological polar surface area (TPSA) is 32.8 Å².